The van der Waals surface area contributed by atoms with Gasteiger partial charge in [-0.2, -0.15) is 5.26 Å². The number of hydrogen-bond donors (Lipinski definition) is 0. The van der Waals surface area contributed by atoms with E-state index >= 15 is 0 Å². The fourth-order valence-electron chi connectivity index (χ4n) is 4.54. The van der Waals surface area contributed by atoms with E-state index < -0.39 is 0 Å². The molecule has 3 aromatic rings. The van der Waals surface area contributed by atoms with Gasteiger partial charge in [0.2, 0.25) is 0 Å². The van der Waals surface area contributed by atoms with Crippen LogP contribution in [-0.4, -0.2) is 63.1 Å². The Morgan fingerprint density at radius 3 is 2.88 bits per heavy atom. The monoisotopic (exact) mass is 443 g/mol. The number of anilines is 1. The van der Waals surface area contributed by atoms with Crippen LogP contribution < -0.4 is 4.90 Å². The van der Waals surface area contributed by atoms with Crippen LogP contribution in [0.5, 0.6) is 0 Å². The van der Waals surface area contributed by atoms with E-state index in [9.17, 15) is 4.79 Å². The minimum absolute atomic E-state index is 0.0158. The fourth-order valence-corrected chi connectivity index (χ4v) is 4.54. The third-order valence-electron chi connectivity index (χ3n) is 6.40. The molecule has 9 heteroatoms. The van der Waals surface area contributed by atoms with Gasteiger partial charge in [-0.25, -0.2) is 9.67 Å². The Balaban J connectivity index is 1.42. The van der Waals surface area contributed by atoms with Crippen molar-refractivity contribution in [2.75, 3.05) is 31.2 Å². The molecule has 2 aromatic heterocycles. The molecule has 168 valence electrons. The van der Waals surface area contributed by atoms with Crippen LogP contribution in [0.15, 0.2) is 36.5 Å². The van der Waals surface area contributed by atoms with Crippen LogP contribution in [-0.2, 0) is 17.7 Å². The van der Waals surface area contributed by atoms with E-state index in [2.05, 4.69) is 32.3 Å². The van der Waals surface area contributed by atoms with Gasteiger partial charge in [-0.1, -0.05) is 17.3 Å². The largest absolute Gasteiger partial charge is 0.377 e. The number of carbonyl (C=O) groups is 1. The van der Waals surface area contributed by atoms with Gasteiger partial charge in [-0.05, 0) is 49.6 Å². The maximum Gasteiger partial charge on any atom is 0.276 e. The molecule has 0 aliphatic carbocycles. The molecular weight excluding hydrogens is 418 g/mol. The number of nitrogens with zero attached hydrogens (tertiary/aromatic N) is 7. The van der Waals surface area contributed by atoms with Crippen molar-refractivity contribution in [3.63, 3.8) is 0 Å². The van der Waals surface area contributed by atoms with Crippen molar-refractivity contribution >= 4 is 11.7 Å². The summed E-state index contributed by atoms with van der Waals surface area (Å²) in [6.45, 7) is 7.04. The van der Waals surface area contributed by atoms with E-state index in [-0.39, 0.29) is 11.9 Å². The van der Waals surface area contributed by atoms with Crippen LogP contribution in [0, 0.1) is 18.3 Å². The minimum atomic E-state index is -0.0996. The molecule has 0 saturated carbocycles. The topological polar surface area (TPSA) is 100 Å². The highest BCUT2D eigenvalue weighted by Gasteiger charge is 2.29. The lowest BCUT2D eigenvalue weighted by Gasteiger charge is -2.32. The molecule has 0 radical (unpaired) electrons. The molecule has 33 heavy (non-hydrogen) atoms. The first-order chi connectivity index (χ1) is 16.1. The third-order valence-corrected chi connectivity index (χ3v) is 6.40. The molecule has 2 aliphatic rings. The molecule has 1 amide bonds. The van der Waals surface area contributed by atoms with Crippen LogP contribution in [0.2, 0.25) is 0 Å². The molecule has 2 aliphatic heterocycles. The van der Waals surface area contributed by atoms with Gasteiger partial charge >= 0.3 is 0 Å². The average Bonchev–Trinajstić information content (AvgIpc) is 3.24. The Bertz CT molecular complexity index is 1230. The Morgan fingerprint density at radius 2 is 2.12 bits per heavy atom. The highest BCUT2D eigenvalue weighted by Crippen LogP contribution is 2.28. The van der Waals surface area contributed by atoms with Crippen molar-refractivity contribution in [2.45, 2.75) is 32.9 Å². The molecule has 0 spiro atoms. The van der Waals surface area contributed by atoms with Gasteiger partial charge in [-0.15, -0.1) is 5.10 Å². The molecule has 1 atom stereocenters. The van der Waals surface area contributed by atoms with Gasteiger partial charge in [0.05, 0.1) is 36.2 Å². The number of nitriles is 1. The quantitative estimate of drug-likeness (QED) is 0.612. The van der Waals surface area contributed by atoms with Gasteiger partial charge in [0.15, 0.2) is 5.69 Å². The Morgan fingerprint density at radius 1 is 1.24 bits per heavy atom. The van der Waals surface area contributed by atoms with E-state index in [1.54, 1.807) is 16.9 Å². The van der Waals surface area contributed by atoms with E-state index in [0.29, 0.717) is 37.6 Å². The summed E-state index contributed by atoms with van der Waals surface area (Å²) in [7, 11) is 0. The summed E-state index contributed by atoms with van der Waals surface area (Å²) in [5.74, 6) is 0.756. The molecule has 1 fully saturated rings. The zero-order valence-electron chi connectivity index (χ0n) is 18.7. The second-order valence-electron chi connectivity index (χ2n) is 8.46. The van der Waals surface area contributed by atoms with Crippen molar-refractivity contribution in [3.05, 3.63) is 64.6 Å². The number of ether oxygens (including phenoxy) is 1. The summed E-state index contributed by atoms with van der Waals surface area (Å²) in [5, 5.41) is 17.6. The third kappa shape index (κ3) is 3.83. The normalized spacial score (nSPS) is 18.0. The first kappa shape index (κ1) is 21.1. The predicted molar refractivity (Wildman–Crippen MR) is 121 cm³/mol. The fraction of sp³-hybridized carbons (Fsp3) is 0.375. The van der Waals surface area contributed by atoms with Gasteiger partial charge in [0, 0.05) is 25.8 Å². The maximum absolute atomic E-state index is 13.1. The van der Waals surface area contributed by atoms with Crippen molar-refractivity contribution in [1.29, 1.82) is 5.26 Å². The highest BCUT2D eigenvalue weighted by molar-refractivity contribution is 5.93. The molecule has 9 nitrogen and oxygen atoms in total. The van der Waals surface area contributed by atoms with Crippen LogP contribution in [0.1, 0.15) is 39.8 Å². The lowest BCUT2D eigenvalue weighted by Crippen LogP contribution is -2.47. The molecule has 0 bridgehead atoms. The lowest BCUT2D eigenvalue weighted by atomic mass is 9.97. The Labute approximate surface area is 192 Å². The summed E-state index contributed by atoms with van der Waals surface area (Å²) >= 11 is 0. The van der Waals surface area contributed by atoms with E-state index in [1.165, 1.54) is 11.1 Å². The first-order valence-corrected chi connectivity index (χ1v) is 11.1. The number of amides is 1. The number of rotatable bonds is 3. The van der Waals surface area contributed by atoms with E-state index in [0.717, 1.165) is 30.2 Å². The van der Waals surface area contributed by atoms with Crippen LogP contribution in [0.4, 0.5) is 5.82 Å². The maximum atomic E-state index is 13.1. The van der Waals surface area contributed by atoms with Gasteiger partial charge in [0.25, 0.3) is 5.91 Å². The predicted octanol–water partition coefficient (Wildman–Crippen LogP) is 2.27. The average molecular weight is 444 g/mol. The number of carbonyl (C=O) groups excluding carboxylic acids is 1. The molecule has 4 heterocycles. The number of pyridine rings is 1. The SMILES string of the molecule is Cc1c(C(=O)N2CCOCC2C)nnn1-c1cccc2c1CCN(c1ccc(C#N)cn1)C2. The Hall–Kier alpha value is -3.77. The number of benzene rings is 1. The van der Waals surface area contributed by atoms with Crippen LogP contribution >= 0.6 is 0 Å². The highest BCUT2D eigenvalue weighted by atomic mass is 16.5. The smallest absolute Gasteiger partial charge is 0.276 e. The molecule has 1 saturated heterocycles. The van der Waals surface area contributed by atoms with Crippen molar-refractivity contribution < 1.29 is 9.53 Å². The second-order valence-corrected chi connectivity index (χ2v) is 8.46. The number of fused-ring (bicyclic) bond motifs is 1. The zero-order valence-corrected chi connectivity index (χ0v) is 18.7. The van der Waals surface area contributed by atoms with Gasteiger partial charge < -0.3 is 14.5 Å². The van der Waals surface area contributed by atoms with Crippen molar-refractivity contribution in [2.24, 2.45) is 0 Å². The first-order valence-electron chi connectivity index (χ1n) is 11.1. The summed E-state index contributed by atoms with van der Waals surface area (Å²) < 4.78 is 7.24. The van der Waals surface area contributed by atoms with Crippen molar-refractivity contribution in [3.8, 4) is 11.8 Å². The van der Waals surface area contributed by atoms with Gasteiger partial charge in [0.1, 0.15) is 11.9 Å². The van der Waals surface area contributed by atoms with Crippen LogP contribution in [0.25, 0.3) is 5.69 Å². The number of aromatic nitrogens is 4. The Kier molecular flexibility index (Phi) is 5.52. The standard InChI is InChI=1S/C24H25N7O2/c1-16-15-33-11-10-30(16)24(32)23-17(2)31(28-27-23)21-5-3-4-19-14-29(9-8-20(19)21)22-7-6-18(12-25)13-26-22/h3-7,13,16H,8-11,14-15H2,1-2H3. The van der Waals surface area contributed by atoms with Crippen molar-refractivity contribution in [1.82, 2.24) is 24.9 Å². The molecule has 5 rings (SSSR count). The lowest BCUT2D eigenvalue weighted by molar-refractivity contribution is 0.00322. The molecule has 1 aromatic carbocycles. The van der Waals surface area contributed by atoms with E-state index in [4.69, 9.17) is 10.00 Å². The number of morpholine rings is 1. The molecule has 0 N–H and O–H groups in total. The summed E-state index contributed by atoms with van der Waals surface area (Å²) in [6, 6.07) is 12.0. The van der Waals surface area contributed by atoms with Crippen LogP contribution in [0.3, 0.4) is 0 Å². The summed E-state index contributed by atoms with van der Waals surface area (Å²) in [5.41, 5.74) is 5.03. The minimum Gasteiger partial charge on any atom is -0.377 e. The summed E-state index contributed by atoms with van der Waals surface area (Å²) in [6.07, 6.45) is 2.42. The second kappa shape index (κ2) is 8.64. The molecular formula is C24H25N7O2. The summed E-state index contributed by atoms with van der Waals surface area (Å²) in [4.78, 5) is 21.6. The number of hydrogen-bond acceptors (Lipinski definition) is 7. The van der Waals surface area contributed by atoms with E-state index in [1.807, 2.05) is 36.9 Å². The zero-order chi connectivity index (χ0) is 22.9. The van der Waals surface area contributed by atoms with Gasteiger partial charge in [-0.3, -0.25) is 4.79 Å². The molecule has 1 unspecified atom stereocenters.